The Labute approximate surface area is 161 Å². The molecule has 3 heterocycles. The lowest BCUT2D eigenvalue weighted by molar-refractivity contribution is 0.0774. The summed E-state index contributed by atoms with van der Waals surface area (Å²) in [5.74, 6) is -0.607. The molecule has 0 aromatic carbocycles. The molecular weight excluding hydrogens is 404 g/mol. The molecule has 1 amide bonds. The molecule has 28 heavy (non-hydrogen) atoms. The molecule has 7 nitrogen and oxygen atoms in total. The summed E-state index contributed by atoms with van der Waals surface area (Å²) < 4.78 is 54.6. The van der Waals surface area contributed by atoms with Gasteiger partial charge in [-0.2, -0.15) is 10.2 Å². The summed E-state index contributed by atoms with van der Waals surface area (Å²) in [5, 5.41) is 8.28. The Morgan fingerprint density at radius 2 is 1.96 bits per heavy atom. The smallest absolute Gasteiger partial charge is 0.280 e. The summed E-state index contributed by atoms with van der Waals surface area (Å²) in [6, 6.07) is 1.67. The number of carbonyl (C=O) groups excluding carboxylic acids is 1. The van der Waals surface area contributed by atoms with Crippen molar-refractivity contribution in [3.63, 3.8) is 0 Å². The fraction of sp³-hybridized carbons (Fsp3) is 0.375. The number of amides is 1. The molecule has 0 unspecified atom stereocenters. The van der Waals surface area contributed by atoms with Crippen LogP contribution in [0, 0.1) is 0 Å². The fourth-order valence-corrected chi connectivity index (χ4v) is 2.90. The van der Waals surface area contributed by atoms with Crippen LogP contribution >= 0.6 is 11.6 Å². The second kappa shape index (κ2) is 7.74. The van der Waals surface area contributed by atoms with E-state index in [0.717, 1.165) is 6.07 Å². The van der Waals surface area contributed by atoms with Crippen molar-refractivity contribution >= 4 is 23.2 Å². The molecule has 0 aliphatic carbocycles. The molecule has 0 radical (unpaired) electrons. The number of halogens is 5. The van der Waals surface area contributed by atoms with Crippen LogP contribution in [0.1, 0.15) is 47.3 Å². The molecule has 150 valence electrons. The third-order valence-electron chi connectivity index (χ3n) is 4.07. The summed E-state index contributed by atoms with van der Waals surface area (Å²) in [6.45, 7) is 2.49. The van der Waals surface area contributed by atoms with E-state index in [1.807, 2.05) is 6.92 Å². The van der Waals surface area contributed by atoms with Crippen molar-refractivity contribution in [1.82, 2.24) is 29.3 Å². The zero-order chi connectivity index (χ0) is 20.6. The lowest BCUT2D eigenvalue weighted by Crippen LogP contribution is -2.28. The Morgan fingerprint density at radius 3 is 2.57 bits per heavy atom. The Morgan fingerprint density at radius 1 is 1.25 bits per heavy atom. The number of carbonyl (C=O) groups is 1. The molecule has 0 fully saturated rings. The average Bonchev–Trinajstić information content (AvgIpc) is 3.23. The number of rotatable bonds is 6. The van der Waals surface area contributed by atoms with E-state index in [9.17, 15) is 22.4 Å². The van der Waals surface area contributed by atoms with Crippen LogP contribution in [-0.4, -0.2) is 42.2 Å². The average molecular weight is 419 g/mol. The van der Waals surface area contributed by atoms with E-state index in [2.05, 4.69) is 15.2 Å². The molecule has 0 N–H and O–H groups in total. The maximum absolute atomic E-state index is 13.2. The molecular formula is C16H15ClF4N6O. The van der Waals surface area contributed by atoms with Crippen LogP contribution in [0.25, 0.3) is 5.65 Å². The highest BCUT2D eigenvalue weighted by Gasteiger charge is 2.24. The van der Waals surface area contributed by atoms with Crippen LogP contribution in [0.15, 0.2) is 18.3 Å². The second-order valence-corrected chi connectivity index (χ2v) is 6.33. The molecule has 12 heteroatoms. The standard InChI is InChI=1S/C16H15ClF4N6O/c1-3-26-12(8(17)6-22-26)7-25(2)16(28)10-5-13-23-9(14(18)19)4-11(15(20)21)27(13)24-10/h4-6,14-15H,3,7H2,1-2H3. The first-order valence-electron chi connectivity index (χ1n) is 8.15. The van der Waals surface area contributed by atoms with Gasteiger partial charge in [0.25, 0.3) is 18.8 Å². The number of hydrogen-bond acceptors (Lipinski definition) is 4. The van der Waals surface area contributed by atoms with Gasteiger partial charge in [0.15, 0.2) is 11.3 Å². The number of fused-ring (bicyclic) bond motifs is 1. The highest BCUT2D eigenvalue weighted by Crippen LogP contribution is 2.26. The van der Waals surface area contributed by atoms with Gasteiger partial charge in [0.1, 0.15) is 11.4 Å². The van der Waals surface area contributed by atoms with Gasteiger partial charge in [-0.3, -0.25) is 9.48 Å². The largest absolute Gasteiger partial charge is 0.334 e. The number of hydrogen-bond donors (Lipinski definition) is 0. The number of aryl methyl sites for hydroxylation is 1. The van der Waals surface area contributed by atoms with Gasteiger partial charge >= 0.3 is 0 Å². The first kappa shape index (κ1) is 20.1. The summed E-state index contributed by atoms with van der Waals surface area (Å²) in [6.07, 6.45) is -4.65. The number of aromatic nitrogens is 5. The molecule has 0 spiro atoms. The number of nitrogens with zero attached hydrogens (tertiary/aromatic N) is 6. The molecule has 3 aromatic rings. The molecule has 0 aliphatic rings. The fourth-order valence-electron chi connectivity index (χ4n) is 2.70. The van der Waals surface area contributed by atoms with Gasteiger partial charge < -0.3 is 4.90 Å². The van der Waals surface area contributed by atoms with E-state index in [-0.39, 0.29) is 17.9 Å². The highest BCUT2D eigenvalue weighted by atomic mass is 35.5. The summed E-state index contributed by atoms with van der Waals surface area (Å²) in [4.78, 5) is 17.5. The molecule has 3 rings (SSSR count). The maximum Gasteiger partial charge on any atom is 0.280 e. The van der Waals surface area contributed by atoms with Crippen LogP contribution in [0.2, 0.25) is 5.02 Å². The van der Waals surface area contributed by atoms with Crippen molar-refractivity contribution in [3.05, 3.63) is 46.1 Å². The molecule has 0 atom stereocenters. The predicted octanol–water partition coefficient (Wildman–Crippen LogP) is 3.75. The lowest BCUT2D eigenvalue weighted by atomic mass is 10.3. The molecule has 3 aromatic heterocycles. The van der Waals surface area contributed by atoms with Crippen molar-refractivity contribution in [3.8, 4) is 0 Å². The molecule has 0 saturated carbocycles. The minimum Gasteiger partial charge on any atom is -0.334 e. The van der Waals surface area contributed by atoms with Crippen molar-refractivity contribution in [2.24, 2.45) is 0 Å². The van der Waals surface area contributed by atoms with E-state index in [0.29, 0.717) is 27.8 Å². The van der Waals surface area contributed by atoms with E-state index < -0.39 is 30.1 Å². The van der Waals surface area contributed by atoms with Gasteiger partial charge in [-0.05, 0) is 13.0 Å². The molecule has 0 aliphatic heterocycles. The van der Waals surface area contributed by atoms with Crippen molar-refractivity contribution in [2.45, 2.75) is 32.9 Å². The normalized spacial score (nSPS) is 11.8. The minimum absolute atomic E-state index is 0.0940. The minimum atomic E-state index is -3.07. The van der Waals surface area contributed by atoms with Gasteiger partial charge in [-0.15, -0.1) is 0 Å². The van der Waals surface area contributed by atoms with Crippen LogP contribution < -0.4 is 0 Å². The molecule has 0 saturated heterocycles. The highest BCUT2D eigenvalue weighted by molar-refractivity contribution is 6.31. The van der Waals surface area contributed by atoms with E-state index in [1.54, 1.807) is 4.68 Å². The van der Waals surface area contributed by atoms with E-state index in [4.69, 9.17) is 11.6 Å². The van der Waals surface area contributed by atoms with Gasteiger partial charge in [-0.25, -0.2) is 27.1 Å². The van der Waals surface area contributed by atoms with Crippen molar-refractivity contribution in [1.29, 1.82) is 0 Å². The van der Waals surface area contributed by atoms with Gasteiger partial charge in [0.2, 0.25) is 0 Å². The number of alkyl halides is 4. The maximum atomic E-state index is 13.2. The quantitative estimate of drug-likeness (QED) is 0.572. The van der Waals surface area contributed by atoms with Crippen LogP contribution in [0.4, 0.5) is 17.6 Å². The Kier molecular flexibility index (Phi) is 5.54. The van der Waals surface area contributed by atoms with Gasteiger partial charge in [0, 0.05) is 19.7 Å². The summed E-state index contributed by atoms with van der Waals surface area (Å²) in [7, 11) is 1.47. The third-order valence-corrected chi connectivity index (χ3v) is 4.39. The Bertz CT molecular complexity index is 1020. The summed E-state index contributed by atoms with van der Waals surface area (Å²) >= 11 is 6.08. The predicted molar refractivity (Wildman–Crippen MR) is 91.6 cm³/mol. The van der Waals surface area contributed by atoms with Crippen LogP contribution in [0.3, 0.4) is 0 Å². The second-order valence-electron chi connectivity index (χ2n) is 5.92. The van der Waals surface area contributed by atoms with Gasteiger partial charge in [0.05, 0.1) is 23.5 Å². The molecule has 0 bridgehead atoms. The third kappa shape index (κ3) is 3.66. The monoisotopic (exact) mass is 418 g/mol. The zero-order valence-electron chi connectivity index (χ0n) is 14.8. The van der Waals surface area contributed by atoms with Gasteiger partial charge in [-0.1, -0.05) is 11.6 Å². The Balaban J connectivity index is 1.95. The first-order chi connectivity index (χ1) is 13.2. The van der Waals surface area contributed by atoms with Crippen molar-refractivity contribution in [2.75, 3.05) is 7.05 Å². The lowest BCUT2D eigenvalue weighted by Gasteiger charge is -2.16. The summed E-state index contributed by atoms with van der Waals surface area (Å²) in [5.41, 5.74) is -1.46. The van der Waals surface area contributed by atoms with Crippen LogP contribution in [-0.2, 0) is 13.1 Å². The van der Waals surface area contributed by atoms with E-state index in [1.165, 1.54) is 18.1 Å². The Hall–Kier alpha value is -2.69. The SMILES string of the molecule is CCn1ncc(Cl)c1CN(C)C(=O)c1cc2nc(C(F)F)cc(C(F)F)n2n1. The van der Waals surface area contributed by atoms with Crippen molar-refractivity contribution < 1.29 is 22.4 Å². The first-order valence-corrected chi connectivity index (χ1v) is 8.53. The van der Waals surface area contributed by atoms with Crippen LogP contribution in [0.5, 0.6) is 0 Å². The van der Waals surface area contributed by atoms with E-state index >= 15 is 0 Å². The zero-order valence-corrected chi connectivity index (χ0v) is 15.5. The topological polar surface area (TPSA) is 68.3 Å².